The van der Waals surface area contributed by atoms with Gasteiger partial charge in [0.1, 0.15) is 23.2 Å². The molecule has 0 aliphatic carbocycles. The first-order valence-electron chi connectivity index (χ1n) is 8.12. The Balaban J connectivity index is 1.52. The molecule has 7 nitrogen and oxygen atoms in total. The molecule has 0 unspecified atom stereocenters. The highest BCUT2D eigenvalue weighted by atomic mass is 35.5. The first-order valence-corrected chi connectivity index (χ1v) is 9.37. The number of fused-ring (bicyclic) bond motifs is 1. The fourth-order valence-electron chi connectivity index (χ4n) is 3.21. The number of carboxylic acids is 1. The Hall–Kier alpha value is -1.93. The first kappa shape index (κ1) is 18.8. The molecule has 0 saturated carbocycles. The van der Waals surface area contributed by atoms with E-state index in [1.54, 1.807) is 38.1 Å². The summed E-state index contributed by atoms with van der Waals surface area (Å²) in [5.74, 6) is -1.23. The van der Waals surface area contributed by atoms with Crippen molar-refractivity contribution in [2.45, 2.75) is 42.5 Å². The minimum atomic E-state index is -1.03. The topological polar surface area (TPSA) is 95.9 Å². The molecule has 2 aliphatic heterocycles. The van der Waals surface area contributed by atoms with Gasteiger partial charge in [0.25, 0.3) is 0 Å². The molecule has 0 radical (unpaired) electrons. The van der Waals surface area contributed by atoms with Gasteiger partial charge in [0.15, 0.2) is 0 Å². The Bertz CT molecular complexity index is 756. The number of rotatable bonds is 6. The molecule has 1 aromatic rings. The summed E-state index contributed by atoms with van der Waals surface area (Å²) in [6.07, 6.45) is 0.0676. The summed E-state index contributed by atoms with van der Waals surface area (Å²) in [6, 6.07) is 5.37. The zero-order chi connectivity index (χ0) is 19.1. The molecule has 2 saturated heterocycles. The molecular weight excluding hydrogens is 380 g/mol. The van der Waals surface area contributed by atoms with Gasteiger partial charge in [0.05, 0.1) is 18.1 Å². The van der Waals surface area contributed by atoms with E-state index in [1.807, 2.05) is 0 Å². The van der Waals surface area contributed by atoms with E-state index >= 15 is 0 Å². The molecule has 26 heavy (non-hydrogen) atoms. The Morgan fingerprint density at radius 1 is 1.38 bits per heavy atom. The molecule has 0 aromatic heterocycles. The highest BCUT2D eigenvalue weighted by molar-refractivity contribution is 8.01. The summed E-state index contributed by atoms with van der Waals surface area (Å²) in [5, 5.41) is 12.2. The number of hydrogen-bond acceptors (Lipinski definition) is 5. The van der Waals surface area contributed by atoms with Gasteiger partial charge in [-0.3, -0.25) is 9.59 Å². The quantitative estimate of drug-likeness (QED) is 0.708. The summed E-state index contributed by atoms with van der Waals surface area (Å²) in [6.45, 7) is 3.71. The van der Waals surface area contributed by atoms with Crippen molar-refractivity contribution in [3.63, 3.8) is 0 Å². The number of benzene rings is 1. The van der Waals surface area contributed by atoms with Crippen molar-refractivity contribution in [3.8, 4) is 5.75 Å². The molecule has 0 spiro atoms. The van der Waals surface area contributed by atoms with Gasteiger partial charge < -0.3 is 20.1 Å². The van der Waals surface area contributed by atoms with Crippen LogP contribution in [0.25, 0.3) is 0 Å². The molecule has 2 amide bonds. The van der Waals surface area contributed by atoms with Crippen molar-refractivity contribution < 1.29 is 24.2 Å². The molecule has 140 valence electrons. The predicted octanol–water partition coefficient (Wildman–Crippen LogP) is 1.74. The molecule has 3 rings (SSSR count). The lowest BCUT2D eigenvalue weighted by molar-refractivity contribution is -0.161. The van der Waals surface area contributed by atoms with E-state index in [0.717, 1.165) is 0 Å². The number of carbonyl (C=O) groups excluding carboxylic acids is 2. The third kappa shape index (κ3) is 3.35. The number of carboxylic acid groups (broad SMARTS) is 1. The molecule has 2 heterocycles. The van der Waals surface area contributed by atoms with Crippen LogP contribution in [0, 0.1) is 0 Å². The fourth-order valence-corrected chi connectivity index (χ4v) is 5.02. The van der Waals surface area contributed by atoms with E-state index in [9.17, 15) is 19.5 Å². The summed E-state index contributed by atoms with van der Waals surface area (Å²) >= 11 is 7.37. The van der Waals surface area contributed by atoms with Crippen LogP contribution in [0.15, 0.2) is 24.3 Å². The zero-order valence-electron chi connectivity index (χ0n) is 14.3. The number of aliphatic carboxylic acids is 1. The Labute approximate surface area is 160 Å². The van der Waals surface area contributed by atoms with Crippen LogP contribution in [0.5, 0.6) is 5.75 Å². The van der Waals surface area contributed by atoms with E-state index in [2.05, 4.69) is 5.32 Å². The molecule has 1 aromatic carbocycles. The lowest BCUT2D eigenvalue weighted by Crippen LogP contribution is -2.70. The van der Waals surface area contributed by atoms with Crippen LogP contribution in [0.1, 0.15) is 20.3 Å². The molecule has 0 bridgehead atoms. The maximum Gasteiger partial charge on any atom is 0.327 e. The third-order valence-corrected chi connectivity index (χ3v) is 6.30. The van der Waals surface area contributed by atoms with Gasteiger partial charge in [-0.2, -0.15) is 0 Å². The SMILES string of the molecule is CC1(C)S[C@@H]2[C@H](NC(=O)CCOc3ccccc3Cl)C(=O)N2[C@H]1C(=O)O. The van der Waals surface area contributed by atoms with Crippen LogP contribution in [-0.2, 0) is 14.4 Å². The van der Waals surface area contributed by atoms with E-state index in [-0.39, 0.29) is 30.2 Å². The van der Waals surface area contributed by atoms with Crippen LogP contribution in [0.2, 0.25) is 5.02 Å². The van der Waals surface area contributed by atoms with Gasteiger partial charge in [0, 0.05) is 4.75 Å². The monoisotopic (exact) mass is 398 g/mol. The van der Waals surface area contributed by atoms with Crippen LogP contribution in [0.3, 0.4) is 0 Å². The number of hydrogen-bond donors (Lipinski definition) is 2. The van der Waals surface area contributed by atoms with Crippen LogP contribution in [0.4, 0.5) is 0 Å². The van der Waals surface area contributed by atoms with Crippen molar-refractivity contribution >= 4 is 41.1 Å². The highest BCUT2D eigenvalue weighted by Crippen LogP contribution is 2.50. The molecule has 9 heteroatoms. The zero-order valence-corrected chi connectivity index (χ0v) is 15.8. The number of carbonyl (C=O) groups is 3. The number of β-lactam (4-membered cyclic amide) rings is 1. The lowest BCUT2D eigenvalue weighted by Gasteiger charge is -2.43. The number of nitrogens with zero attached hydrogens (tertiary/aromatic N) is 1. The maximum atomic E-state index is 12.3. The molecule has 3 atom stereocenters. The average molecular weight is 399 g/mol. The second kappa shape index (κ2) is 7.00. The second-order valence-corrected chi connectivity index (χ2v) is 8.85. The van der Waals surface area contributed by atoms with E-state index in [1.165, 1.54) is 16.7 Å². The summed E-state index contributed by atoms with van der Waals surface area (Å²) in [7, 11) is 0. The summed E-state index contributed by atoms with van der Waals surface area (Å²) < 4.78 is 4.85. The fraction of sp³-hybridized carbons (Fsp3) is 0.471. The van der Waals surface area contributed by atoms with Crippen molar-refractivity contribution in [2.75, 3.05) is 6.61 Å². The average Bonchev–Trinajstić information content (AvgIpc) is 2.83. The van der Waals surface area contributed by atoms with E-state index in [0.29, 0.717) is 10.8 Å². The minimum Gasteiger partial charge on any atom is -0.491 e. The largest absolute Gasteiger partial charge is 0.491 e. The predicted molar refractivity (Wildman–Crippen MR) is 97.2 cm³/mol. The van der Waals surface area contributed by atoms with Crippen LogP contribution >= 0.6 is 23.4 Å². The van der Waals surface area contributed by atoms with Gasteiger partial charge >= 0.3 is 5.97 Å². The normalized spacial score (nSPS) is 26.0. The lowest BCUT2D eigenvalue weighted by atomic mass is 9.96. The van der Waals surface area contributed by atoms with Crippen molar-refractivity contribution in [1.82, 2.24) is 10.2 Å². The number of para-hydroxylation sites is 1. The molecule has 2 fully saturated rings. The number of thioether (sulfide) groups is 1. The molecule has 2 N–H and O–H groups in total. The summed E-state index contributed by atoms with van der Waals surface area (Å²) in [5.41, 5.74) is 0. The Kier molecular flexibility index (Phi) is 5.07. The third-order valence-electron chi connectivity index (χ3n) is 4.41. The first-order chi connectivity index (χ1) is 12.2. The van der Waals surface area contributed by atoms with Crippen LogP contribution < -0.4 is 10.1 Å². The number of amides is 2. The van der Waals surface area contributed by atoms with E-state index in [4.69, 9.17) is 16.3 Å². The van der Waals surface area contributed by atoms with Gasteiger partial charge in [-0.25, -0.2) is 4.79 Å². The minimum absolute atomic E-state index is 0.0676. The van der Waals surface area contributed by atoms with Gasteiger partial charge in [-0.15, -0.1) is 11.8 Å². The van der Waals surface area contributed by atoms with Gasteiger partial charge in [0.2, 0.25) is 11.8 Å². The van der Waals surface area contributed by atoms with Crippen molar-refractivity contribution in [1.29, 1.82) is 0 Å². The Morgan fingerprint density at radius 2 is 2.08 bits per heavy atom. The van der Waals surface area contributed by atoms with Gasteiger partial charge in [-0.05, 0) is 26.0 Å². The van der Waals surface area contributed by atoms with E-state index < -0.39 is 22.8 Å². The Morgan fingerprint density at radius 3 is 2.73 bits per heavy atom. The number of nitrogens with one attached hydrogen (secondary N) is 1. The van der Waals surface area contributed by atoms with Crippen molar-refractivity contribution in [2.24, 2.45) is 0 Å². The van der Waals surface area contributed by atoms with Crippen molar-refractivity contribution in [3.05, 3.63) is 29.3 Å². The molecular formula is C17H19ClN2O5S. The second-order valence-electron chi connectivity index (χ2n) is 6.67. The molecule has 2 aliphatic rings. The standard InChI is InChI=1S/C17H19ClN2O5S/c1-17(2)13(16(23)24)20-14(22)12(15(20)26-17)19-11(21)7-8-25-10-6-4-3-5-9(10)18/h3-6,12-13,15H,7-8H2,1-2H3,(H,19,21)(H,23,24)/t12-,13+,15-/m1/s1. The van der Waals surface area contributed by atoms with Crippen LogP contribution in [-0.4, -0.2) is 56.6 Å². The maximum absolute atomic E-state index is 12.3. The highest BCUT2D eigenvalue weighted by Gasteiger charge is 2.64. The summed E-state index contributed by atoms with van der Waals surface area (Å²) in [4.78, 5) is 37.2. The van der Waals surface area contributed by atoms with Gasteiger partial charge in [-0.1, -0.05) is 23.7 Å². The number of halogens is 1. The number of ether oxygens (including phenoxy) is 1. The smallest absolute Gasteiger partial charge is 0.327 e.